The lowest BCUT2D eigenvalue weighted by molar-refractivity contribution is 0.145. The van der Waals surface area contributed by atoms with E-state index in [4.69, 9.17) is 4.98 Å². The number of hydrogen-bond donors (Lipinski definition) is 1. The zero-order chi connectivity index (χ0) is 13.2. The summed E-state index contributed by atoms with van der Waals surface area (Å²) in [7, 11) is 2.04. The van der Waals surface area contributed by atoms with Crippen LogP contribution in [0.1, 0.15) is 0 Å². The summed E-state index contributed by atoms with van der Waals surface area (Å²) in [4.78, 5) is 9.02. The maximum atomic E-state index is 9.99. The van der Waals surface area contributed by atoms with Crippen LogP contribution < -0.4 is 4.90 Å². The molecule has 1 aliphatic heterocycles. The summed E-state index contributed by atoms with van der Waals surface area (Å²) in [5.41, 5.74) is 1.01. The third-order valence-electron chi connectivity index (χ3n) is 3.61. The van der Waals surface area contributed by atoms with Crippen LogP contribution in [0.25, 0.3) is 10.9 Å². The van der Waals surface area contributed by atoms with Crippen LogP contribution in [-0.4, -0.2) is 54.3 Å². The molecule has 0 bridgehead atoms. The number of pyridine rings is 1. The van der Waals surface area contributed by atoms with Crippen LogP contribution >= 0.6 is 0 Å². The number of para-hydroxylation sites is 1. The molecule has 0 amide bonds. The molecule has 0 aliphatic carbocycles. The zero-order valence-electron chi connectivity index (χ0n) is 11.2. The topological polar surface area (TPSA) is 39.6 Å². The molecule has 1 aromatic heterocycles. The van der Waals surface area contributed by atoms with Gasteiger partial charge in [0.25, 0.3) is 0 Å². The van der Waals surface area contributed by atoms with E-state index in [0.29, 0.717) is 6.54 Å². The summed E-state index contributed by atoms with van der Waals surface area (Å²) in [6, 6.07) is 12.3. The lowest BCUT2D eigenvalue weighted by Gasteiger charge is -2.23. The molecular weight excluding hydrogens is 238 g/mol. The molecule has 1 saturated heterocycles. The number of aromatic nitrogens is 1. The van der Waals surface area contributed by atoms with Gasteiger partial charge in [-0.05, 0) is 25.2 Å². The molecule has 4 heteroatoms. The second-order valence-corrected chi connectivity index (χ2v) is 5.22. The molecule has 0 spiro atoms. The molecule has 1 atom stereocenters. The number of rotatable bonds is 1. The van der Waals surface area contributed by atoms with Crippen LogP contribution in [-0.2, 0) is 0 Å². The highest BCUT2D eigenvalue weighted by molar-refractivity contribution is 5.80. The van der Waals surface area contributed by atoms with E-state index in [-0.39, 0.29) is 6.10 Å². The van der Waals surface area contributed by atoms with E-state index in [1.54, 1.807) is 0 Å². The van der Waals surface area contributed by atoms with Crippen molar-refractivity contribution >= 4 is 16.7 Å². The normalized spacial score (nSPS) is 21.6. The van der Waals surface area contributed by atoms with Gasteiger partial charge in [-0.25, -0.2) is 4.98 Å². The summed E-state index contributed by atoms with van der Waals surface area (Å²) in [6.45, 7) is 3.23. The lowest BCUT2D eigenvalue weighted by atomic mass is 10.2. The Bertz CT molecular complexity index is 572. The molecule has 19 heavy (non-hydrogen) atoms. The predicted octanol–water partition coefficient (Wildman–Crippen LogP) is 1.35. The van der Waals surface area contributed by atoms with Crippen molar-refractivity contribution in [2.24, 2.45) is 0 Å². The van der Waals surface area contributed by atoms with E-state index in [1.807, 2.05) is 31.3 Å². The molecule has 1 unspecified atom stereocenters. The first-order chi connectivity index (χ1) is 9.22. The van der Waals surface area contributed by atoms with Gasteiger partial charge < -0.3 is 14.9 Å². The van der Waals surface area contributed by atoms with Crippen molar-refractivity contribution in [3.63, 3.8) is 0 Å². The van der Waals surface area contributed by atoms with Gasteiger partial charge >= 0.3 is 0 Å². The molecule has 1 N–H and O–H groups in total. The molecule has 0 radical (unpaired) electrons. The fourth-order valence-corrected chi connectivity index (χ4v) is 2.59. The highest BCUT2D eigenvalue weighted by Gasteiger charge is 2.19. The number of hydrogen-bond acceptors (Lipinski definition) is 4. The largest absolute Gasteiger partial charge is 0.390 e. The molecule has 100 valence electrons. The van der Waals surface area contributed by atoms with Crippen LogP contribution in [0.3, 0.4) is 0 Å². The minimum Gasteiger partial charge on any atom is -0.390 e. The maximum absolute atomic E-state index is 9.99. The molecular formula is C15H19N3O. The van der Waals surface area contributed by atoms with Crippen molar-refractivity contribution < 1.29 is 5.11 Å². The smallest absolute Gasteiger partial charge is 0.129 e. The molecule has 3 rings (SSSR count). The van der Waals surface area contributed by atoms with Gasteiger partial charge in [-0.1, -0.05) is 18.2 Å². The van der Waals surface area contributed by atoms with Crippen LogP contribution in [0.5, 0.6) is 0 Å². The number of likely N-dealkylation sites (N-methyl/N-ethyl adjacent to an activating group) is 1. The van der Waals surface area contributed by atoms with Crippen molar-refractivity contribution in [1.29, 1.82) is 0 Å². The summed E-state index contributed by atoms with van der Waals surface area (Å²) in [5, 5.41) is 11.1. The predicted molar refractivity (Wildman–Crippen MR) is 77.5 cm³/mol. The zero-order valence-corrected chi connectivity index (χ0v) is 11.2. The number of anilines is 1. The summed E-state index contributed by atoms with van der Waals surface area (Å²) in [6.07, 6.45) is -0.319. The van der Waals surface area contributed by atoms with E-state index in [2.05, 4.69) is 21.9 Å². The number of aliphatic hydroxyl groups is 1. The molecule has 1 aromatic carbocycles. The number of fused-ring (bicyclic) bond motifs is 1. The fraction of sp³-hybridized carbons (Fsp3) is 0.400. The Morgan fingerprint density at radius 3 is 2.84 bits per heavy atom. The van der Waals surface area contributed by atoms with Gasteiger partial charge in [0.05, 0.1) is 11.6 Å². The van der Waals surface area contributed by atoms with Crippen molar-refractivity contribution in [3.05, 3.63) is 36.4 Å². The minimum absolute atomic E-state index is 0.319. The van der Waals surface area contributed by atoms with E-state index in [0.717, 1.165) is 36.4 Å². The standard InChI is InChI=1S/C15H19N3O/c1-17-8-9-18(11-13(19)10-17)15-7-6-12-4-2-3-5-14(12)16-15/h2-7,13,19H,8-11H2,1H3. The van der Waals surface area contributed by atoms with E-state index < -0.39 is 0 Å². The van der Waals surface area contributed by atoms with Crippen molar-refractivity contribution in [2.75, 3.05) is 38.1 Å². The van der Waals surface area contributed by atoms with Gasteiger partial charge in [-0.2, -0.15) is 0 Å². The second-order valence-electron chi connectivity index (χ2n) is 5.22. The average molecular weight is 257 g/mol. The van der Waals surface area contributed by atoms with Gasteiger partial charge in [0.2, 0.25) is 0 Å². The highest BCUT2D eigenvalue weighted by Crippen LogP contribution is 2.19. The summed E-state index contributed by atoms with van der Waals surface area (Å²) < 4.78 is 0. The number of nitrogens with zero attached hydrogens (tertiary/aromatic N) is 3. The highest BCUT2D eigenvalue weighted by atomic mass is 16.3. The minimum atomic E-state index is -0.319. The number of β-amino-alcohol motifs (C(OH)–C–C–N with tert-alkyl or cyclic N) is 1. The summed E-state index contributed by atoms with van der Waals surface area (Å²) >= 11 is 0. The van der Waals surface area contributed by atoms with E-state index in [9.17, 15) is 5.11 Å². The van der Waals surface area contributed by atoms with Crippen molar-refractivity contribution in [2.45, 2.75) is 6.10 Å². The Kier molecular flexibility index (Phi) is 3.36. The van der Waals surface area contributed by atoms with Crippen LogP contribution in [0.15, 0.2) is 36.4 Å². The van der Waals surface area contributed by atoms with Crippen molar-refractivity contribution in [3.8, 4) is 0 Å². The van der Waals surface area contributed by atoms with Gasteiger partial charge in [-0.3, -0.25) is 0 Å². The Balaban J connectivity index is 1.90. The van der Waals surface area contributed by atoms with Crippen molar-refractivity contribution in [1.82, 2.24) is 9.88 Å². The molecule has 2 heterocycles. The van der Waals surface area contributed by atoms with Crippen LogP contribution in [0.2, 0.25) is 0 Å². The number of benzene rings is 1. The second kappa shape index (κ2) is 5.15. The van der Waals surface area contributed by atoms with Crippen LogP contribution in [0, 0.1) is 0 Å². The molecule has 0 saturated carbocycles. The Labute approximate surface area is 113 Å². The monoisotopic (exact) mass is 257 g/mol. The Morgan fingerprint density at radius 1 is 1.11 bits per heavy atom. The molecule has 2 aromatic rings. The first kappa shape index (κ1) is 12.4. The fourth-order valence-electron chi connectivity index (χ4n) is 2.59. The van der Waals surface area contributed by atoms with Gasteiger partial charge in [0.15, 0.2) is 0 Å². The Morgan fingerprint density at radius 2 is 1.95 bits per heavy atom. The van der Waals surface area contributed by atoms with Gasteiger partial charge in [-0.15, -0.1) is 0 Å². The summed E-state index contributed by atoms with van der Waals surface area (Å²) in [5.74, 6) is 0.952. The Hall–Kier alpha value is -1.65. The third-order valence-corrected chi connectivity index (χ3v) is 3.61. The number of aliphatic hydroxyl groups excluding tert-OH is 1. The van der Waals surface area contributed by atoms with Gasteiger partial charge in [0, 0.05) is 31.6 Å². The SMILES string of the molecule is CN1CCN(c2ccc3ccccc3n2)CC(O)C1. The van der Waals surface area contributed by atoms with E-state index in [1.165, 1.54) is 0 Å². The maximum Gasteiger partial charge on any atom is 0.129 e. The van der Waals surface area contributed by atoms with Gasteiger partial charge in [0.1, 0.15) is 5.82 Å². The third kappa shape index (κ3) is 2.69. The van der Waals surface area contributed by atoms with Crippen LogP contribution in [0.4, 0.5) is 5.82 Å². The molecule has 1 aliphatic rings. The van der Waals surface area contributed by atoms with E-state index >= 15 is 0 Å². The first-order valence-corrected chi connectivity index (χ1v) is 6.70. The average Bonchev–Trinajstić information content (AvgIpc) is 2.59. The lowest BCUT2D eigenvalue weighted by Crippen LogP contribution is -2.33. The molecule has 4 nitrogen and oxygen atoms in total. The first-order valence-electron chi connectivity index (χ1n) is 6.70. The quantitative estimate of drug-likeness (QED) is 0.837. The molecule has 1 fully saturated rings.